The third-order valence-corrected chi connectivity index (χ3v) is 3.21. The molecule has 5 heteroatoms. The van der Waals surface area contributed by atoms with E-state index >= 15 is 0 Å². The van der Waals surface area contributed by atoms with Gasteiger partial charge in [-0.3, -0.25) is 4.79 Å². The first-order valence-corrected chi connectivity index (χ1v) is 6.89. The number of para-hydroxylation sites is 1. The lowest BCUT2D eigenvalue weighted by Crippen LogP contribution is -2.20. The van der Waals surface area contributed by atoms with Gasteiger partial charge in [0.2, 0.25) is 0 Å². The number of anilines is 1. The number of amides is 1. The molecule has 0 bridgehead atoms. The molecule has 0 saturated heterocycles. The van der Waals surface area contributed by atoms with E-state index in [4.69, 9.17) is 16.3 Å². The van der Waals surface area contributed by atoms with Crippen LogP contribution in [0, 0.1) is 0 Å². The Hall–Kier alpha value is -2.04. The molecule has 0 radical (unpaired) electrons. The van der Waals surface area contributed by atoms with Gasteiger partial charge in [-0.25, -0.2) is 0 Å². The summed E-state index contributed by atoms with van der Waals surface area (Å²) < 4.78 is 5.38. The normalized spacial score (nSPS) is 11.8. The maximum Gasteiger partial charge on any atom is 0.262 e. The minimum atomic E-state index is -0.525. The molecule has 0 spiro atoms. The van der Waals surface area contributed by atoms with Crippen LogP contribution in [-0.4, -0.2) is 17.6 Å². The van der Waals surface area contributed by atoms with Gasteiger partial charge in [-0.1, -0.05) is 35.9 Å². The molecule has 2 aromatic rings. The molecule has 0 heterocycles. The fourth-order valence-electron chi connectivity index (χ4n) is 1.74. The van der Waals surface area contributed by atoms with Crippen LogP contribution >= 0.6 is 11.6 Å². The third kappa shape index (κ3) is 4.48. The standard InChI is InChI=1S/C16H16ClNO3/c1-11(19)12-6-8-13(9-7-12)21-10-16(20)18-15-5-3-2-4-14(15)17/h2-9,11,19H,10H2,1H3,(H,18,20)/t11-/m1/s1. The van der Waals surface area contributed by atoms with Crippen LogP contribution in [0.1, 0.15) is 18.6 Å². The zero-order chi connectivity index (χ0) is 15.2. The summed E-state index contributed by atoms with van der Waals surface area (Å²) in [5.74, 6) is 0.274. The monoisotopic (exact) mass is 305 g/mol. The minimum absolute atomic E-state index is 0.112. The number of nitrogens with one attached hydrogen (secondary N) is 1. The predicted molar refractivity (Wildman–Crippen MR) is 82.7 cm³/mol. The summed E-state index contributed by atoms with van der Waals surface area (Å²) in [6.07, 6.45) is -0.525. The van der Waals surface area contributed by atoms with Crippen LogP contribution in [0.2, 0.25) is 5.02 Å². The number of ether oxygens (including phenoxy) is 1. The van der Waals surface area contributed by atoms with Crippen molar-refractivity contribution in [1.29, 1.82) is 0 Å². The smallest absolute Gasteiger partial charge is 0.262 e. The van der Waals surface area contributed by atoms with Crippen molar-refractivity contribution in [3.63, 3.8) is 0 Å². The Morgan fingerprint density at radius 1 is 1.24 bits per heavy atom. The fourth-order valence-corrected chi connectivity index (χ4v) is 1.92. The van der Waals surface area contributed by atoms with Gasteiger partial charge in [0.1, 0.15) is 5.75 Å². The van der Waals surface area contributed by atoms with Crippen molar-refractivity contribution < 1.29 is 14.6 Å². The molecular formula is C16H16ClNO3. The van der Waals surface area contributed by atoms with Gasteiger partial charge in [-0.2, -0.15) is 0 Å². The van der Waals surface area contributed by atoms with Crippen molar-refractivity contribution in [3.8, 4) is 5.75 Å². The first-order valence-electron chi connectivity index (χ1n) is 6.51. The Kier molecular flexibility index (Phi) is 5.20. The van der Waals surface area contributed by atoms with Gasteiger partial charge in [0.25, 0.3) is 5.91 Å². The van der Waals surface area contributed by atoms with E-state index in [0.29, 0.717) is 16.5 Å². The van der Waals surface area contributed by atoms with Gasteiger partial charge < -0.3 is 15.2 Å². The van der Waals surface area contributed by atoms with Crippen LogP contribution < -0.4 is 10.1 Å². The fraction of sp³-hybridized carbons (Fsp3) is 0.188. The molecule has 110 valence electrons. The van der Waals surface area contributed by atoms with Crippen LogP contribution in [0.5, 0.6) is 5.75 Å². The number of carbonyl (C=O) groups excluding carboxylic acids is 1. The van der Waals surface area contributed by atoms with Crippen molar-refractivity contribution >= 4 is 23.2 Å². The SMILES string of the molecule is C[C@@H](O)c1ccc(OCC(=O)Nc2ccccc2Cl)cc1. The summed E-state index contributed by atoms with van der Waals surface area (Å²) in [4.78, 5) is 11.8. The zero-order valence-corrected chi connectivity index (χ0v) is 12.3. The van der Waals surface area contributed by atoms with Gasteiger partial charge in [0.05, 0.1) is 16.8 Å². The Morgan fingerprint density at radius 2 is 1.90 bits per heavy atom. The maximum atomic E-state index is 11.8. The van der Waals surface area contributed by atoms with Crippen LogP contribution in [0.3, 0.4) is 0 Å². The third-order valence-electron chi connectivity index (χ3n) is 2.88. The molecule has 4 nitrogen and oxygen atoms in total. The highest BCUT2D eigenvalue weighted by Gasteiger charge is 2.07. The minimum Gasteiger partial charge on any atom is -0.484 e. The summed E-state index contributed by atoms with van der Waals surface area (Å²) in [6.45, 7) is 1.58. The van der Waals surface area contributed by atoms with E-state index in [1.807, 2.05) is 0 Å². The van der Waals surface area contributed by atoms with Crippen molar-refractivity contribution in [3.05, 3.63) is 59.1 Å². The summed E-state index contributed by atoms with van der Waals surface area (Å²) in [5, 5.41) is 12.6. The van der Waals surface area contributed by atoms with Crippen molar-refractivity contribution in [1.82, 2.24) is 0 Å². The average Bonchev–Trinajstić information content (AvgIpc) is 2.48. The van der Waals surface area contributed by atoms with Crippen LogP contribution in [0.4, 0.5) is 5.69 Å². The predicted octanol–water partition coefficient (Wildman–Crippen LogP) is 3.41. The summed E-state index contributed by atoms with van der Waals surface area (Å²) >= 11 is 5.95. The number of carbonyl (C=O) groups is 1. The highest BCUT2D eigenvalue weighted by Crippen LogP contribution is 2.20. The number of aliphatic hydroxyl groups is 1. The highest BCUT2D eigenvalue weighted by atomic mass is 35.5. The van der Waals surface area contributed by atoms with Crippen molar-refractivity contribution in [2.45, 2.75) is 13.0 Å². The molecule has 1 atom stereocenters. The van der Waals surface area contributed by atoms with Crippen molar-refractivity contribution in [2.24, 2.45) is 0 Å². The first kappa shape index (κ1) is 15.4. The second-order valence-electron chi connectivity index (χ2n) is 4.56. The van der Waals surface area contributed by atoms with Gasteiger partial charge in [-0.05, 0) is 36.8 Å². The average molecular weight is 306 g/mol. The van der Waals surface area contributed by atoms with Gasteiger partial charge in [0.15, 0.2) is 6.61 Å². The molecule has 0 aliphatic carbocycles. The molecule has 1 amide bonds. The summed E-state index contributed by atoms with van der Waals surface area (Å²) in [6, 6.07) is 13.9. The molecule has 0 unspecified atom stereocenters. The number of halogens is 1. The number of rotatable bonds is 5. The van der Waals surface area contributed by atoms with E-state index in [0.717, 1.165) is 5.56 Å². The Balaban J connectivity index is 1.88. The highest BCUT2D eigenvalue weighted by molar-refractivity contribution is 6.33. The molecule has 0 saturated carbocycles. The lowest BCUT2D eigenvalue weighted by atomic mass is 10.1. The quantitative estimate of drug-likeness (QED) is 0.890. The number of hydrogen-bond acceptors (Lipinski definition) is 3. The largest absolute Gasteiger partial charge is 0.484 e. The van der Waals surface area contributed by atoms with E-state index in [-0.39, 0.29) is 12.5 Å². The molecule has 2 rings (SSSR count). The van der Waals surface area contributed by atoms with Crippen molar-refractivity contribution in [2.75, 3.05) is 11.9 Å². The summed E-state index contributed by atoms with van der Waals surface area (Å²) in [5.41, 5.74) is 1.35. The zero-order valence-electron chi connectivity index (χ0n) is 11.5. The number of hydrogen-bond donors (Lipinski definition) is 2. The second kappa shape index (κ2) is 7.11. The van der Waals surface area contributed by atoms with Crippen LogP contribution in [0.15, 0.2) is 48.5 Å². The lowest BCUT2D eigenvalue weighted by molar-refractivity contribution is -0.118. The number of aliphatic hydroxyl groups excluding tert-OH is 1. The van der Waals surface area contributed by atoms with E-state index in [9.17, 15) is 9.90 Å². The molecule has 2 aromatic carbocycles. The van der Waals surface area contributed by atoms with Gasteiger partial charge in [-0.15, -0.1) is 0 Å². The first-order chi connectivity index (χ1) is 10.1. The molecule has 0 aromatic heterocycles. The van der Waals surface area contributed by atoms with E-state index in [2.05, 4.69) is 5.32 Å². The molecule has 0 aliphatic heterocycles. The van der Waals surface area contributed by atoms with Crippen LogP contribution in [-0.2, 0) is 4.79 Å². The Labute approximate surface area is 128 Å². The number of benzene rings is 2. The van der Waals surface area contributed by atoms with E-state index < -0.39 is 6.10 Å². The van der Waals surface area contributed by atoms with Gasteiger partial charge >= 0.3 is 0 Å². The summed E-state index contributed by atoms with van der Waals surface area (Å²) in [7, 11) is 0. The molecule has 0 aliphatic rings. The lowest BCUT2D eigenvalue weighted by Gasteiger charge is -2.09. The Bertz CT molecular complexity index is 611. The Morgan fingerprint density at radius 3 is 2.52 bits per heavy atom. The van der Waals surface area contributed by atoms with Gasteiger partial charge in [0, 0.05) is 0 Å². The molecule has 0 fully saturated rings. The topological polar surface area (TPSA) is 58.6 Å². The second-order valence-corrected chi connectivity index (χ2v) is 4.97. The molecule has 21 heavy (non-hydrogen) atoms. The van der Waals surface area contributed by atoms with E-state index in [1.165, 1.54) is 0 Å². The van der Waals surface area contributed by atoms with Crippen LogP contribution in [0.25, 0.3) is 0 Å². The molecular weight excluding hydrogens is 290 g/mol. The molecule has 2 N–H and O–H groups in total. The van der Waals surface area contributed by atoms with E-state index in [1.54, 1.807) is 55.5 Å². The maximum absolute atomic E-state index is 11.8.